The number of carboxylic acids is 1. The predicted molar refractivity (Wildman–Crippen MR) is 162 cm³/mol. The first-order chi connectivity index (χ1) is 21.2. The fourth-order valence-corrected chi connectivity index (χ4v) is 6.23. The largest absolute Gasteiger partial charge is 0.478 e. The summed E-state index contributed by atoms with van der Waals surface area (Å²) < 4.78 is 14.7. The number of aliphatic hydroxyl groups excluding tert-OH is 1. The zero-order valence-electron chi connectivity index (χ0n) is 23.6. The molecule has 3 heterocycles. The molecule has 3 aromatic carbocycles. The minimum atomic E-state index is -1.09. The maximum absolute atomic E-state index is 14.7. The number of halogens is 2. The van der Waals surface area contributed by atoms with Gasteiger partial charge in [0.1, 0.15) is 6.04 Å². The van der Waals surface area contributed by atoms with Gasteiger partial charge in [0, 0.05) is 43.0 Å². The third-order valence-corrected chi connectivity index (χ3v) is 8.63. The Balaban J connectivity index is 1.30. The number of nitrogens with one attached hydrogen (secondary N) is 1. The highest BCUT2D eigenvalue weighted by Gasteiger charge is 2.42. The number of fused-ring (bicyclic) bond motifs is 1. The number of anilines is 2. The van der Waals surface area contributed by atoms with Gasteiger partial charge in [-0.05, 0) is 72.9 Å². The minimum Gasteiger partial charge on any atom is -0.478 e. The average molecular weight is 621 g/mol. The molecule has 3 N–H and O–H groups in total. The molecule has 12 heteroatoms. The van der Waals surface area contributed by atoms with Gasteiger partial charge in [0.25, 0.3) is 11.8 Å². The molecule has 3 aliphatic rings. The van der Waals surface area contributed by atoms with Crippen LogP contribution >= 0.6 is 11.6 Å². The molecule has 44 heavy (non-hydrogen) atoms. The molecule has 3 aliphatic heterocycles. The fraction of sp³-hybridized carbons (Fsp3) is 0.312. The normalized spacial score (nSPS) is 20.0. The molecule has 1 fully saturated rings. The van der Waals surface area contributed by atoms with Crippen molar-refractivity contribution in [2.45, 2.75) is 43.9 Å². The van der Waals surface area contributed by atoms with E-state index in [1.165, 1.54) is 41.3 Å². The first-order valence-corrected chi connectivity index (χ1v) is 14.8. The summed E-state index contributed by atoms with van der Waals surface area (Å²) in [5.74, 6) is -2.69. The molecule has 0 aromatic heterocycles. The van der Waals surface area contributed by atoms with E-state index in [1.807, 2.05) is 18.2 Å². The number of oxime groups is 1. The van der Waals surface area contributed by atoms with E-state index in [4.69, 9.17) is 16.4 Å². The second kappa shape index (κ2) is 12.3. The van der Waals surface area contributed by atoms with Crippen LogP contribution in [-0.2, 0) is 20.8 Å². The lowest BCUT2D eigenvalue weighted by Crippen LogP contribution is -2.49. The van der Waals surface area contributed by atoms with Crippen molar-refractivity contribution in [3.05, 3.63) is 93.8 Å². The summed E-state index contributed by atoms with van der Waals surface area (Å²) in [4.78, 5) is 48.4. The number of carbonyl (C=O) groups excluding carboxylic acids is 2. The number of carboxylic acid groups (broad SMARTS) is 1. The van der Waals surface area contributed by atoms with Crippen LogP contribution in [0.3, 0.4) is 0 Å². The van der Waals surface area contributed by atoms with Gasteiger partial charge in [-0.1, -0.05) is 35.0 Å². The van der Waals surface area contributed by atoms with E-state index in [9.17, 15) is 29.0 Å². The van der Waals surface area contributed by atoms with Crippen molar-refractivity contribution in [3.63, 3.8) is 0 Å². The van der Waals surface area contributed by atoms with Crippen molar-refractivity contribution >= 4 is 46.5 Å². The number of piperidine rings is 1. The SMILES string of the molecule is O=C(O)c1ccc(NC(=O)[C@H]2c3cccc(N4CCC(O)CC4)c3CCN2C(=O)C2CC(c3cccc(Cl)c3F)=NO2)cc1. The third-order valence-electron chi connectivity index (χ3n) is 8.34. The first kappa shape index (κ1) is 29.6. The van der Waals surface area contributed by atoms with Gasteiger partial charge in [0.05, 0.1) is 22.4 Å². The van der Waals surface area contributed by atoms with Crippen LogP contribution < -0.4 is 10.2 Å². The molecule has 228 valence electrons. The predicted octanol–water partition coefficient (Wildman–Crippen LogP) is 4.40. The highest BCUT2D eigenvalue weighted by molar-refractivity contribution is 6.31. The lowest BCUT2D eigenvalue weighted by molar-refractivity contribution is -0.148. The van der Waals surface area contributed by atoms with E-state index in [0.717, 1.165) is 11.3 Å². The topological polar surface area (TPSA) is 132 Å². The highest BCUT2D eigenvalue weighted by atomic mass is 35.5. The van der Waals surface area contributed by atoms with Gasteiger partial charge in [-0.15, -0.1) is 0 Å². The Hall–Kier alpha value is -4.48. The molecule has 1 unspecified atom stereocenters. The summed E-state index contributed by atoms with van der Waals surface area (Å²) >= 11 is 5.95. The standard InChI is InChI=1S/C32H30ClFN4O6/c33-24-5-1-4-23(28(24)34)25-17-27(44-36-25)31(41)38-16-13-21-22(3-2-6-26(21)37-14-11-20(39)12-15-37)29(38)30(40)35-19-9-7-18(8-10-19)32(42)43/h1-10,20,27,29,39H,11-17H2,(H,35,40)(H,42,43)/t27?,29-/m1/s1. The Morgan fingerprint density at radius 2 is 1.73 bits per heavy atom. The first-order valence-electron chi connectivity index (χ1n) is 14.4. The van der Waals surface area contributed by atoms with Gasteiger partial charge in [-0.2, -0.15) is 0 Å². The Kier molecular flexibility index (Phi) is 8.24. The smallest absolute Gasteiger partial charge is 0.335 e. The number of rotatable bonds is 6. The van der Waals surface area contributed by atoms with Gasteiger partial charge in [-0.3, -0.25) is 9.59 Å². The van der Waals surface area contributed by atoms with Crippen LogP contribution in [0.4, 0.5) is 15.8 Å². The van der Waals surface area contributed by atoms with Crippen LogP contribution in [0.5, 0.6) is 0 Å². The maximum atomic E-state index is 14.7. The molecule has 2 atom stereocenters. The Morgan fingerprint density at radius 3 is 2.45 bits per heavy atom. The summed E-state index contributed by atoms with van der Waals surface area (Å²) in [6.45, 7) is 1.56. The van der Waals surface area contributed by atoms with Crippen LogP contribution in [0, 0.1) is 5.82 Å². The molecule has 0 saturated carbocycles. The van der Waals surface area contributed by atoms with Crippen LogP contribution in [0.25, 0.3) is 0 Å². The molecule has 6 rings (SSSR count). The van der Waals surface area contributed by atoms with Gasteiger partial charge in [0.2, 0.25) is 6.10 Å². The number of amides is 2. The third kappa shape index (κ3) is 5.72. The van der Waals surface area contributed by atoms with E-state index in [0.29, 0.717) is 43.6 Å². The summed E-state index contributed by atoms with van der Waals surface area (Å²) in [7, 11) is 0. The van der Waals surface area contributed by atoms with E-state index in [-0.39, 0.29) is 40.9 Å². The lowest BCUT2D eigenvalue weighted by atomic mass is 9.89. The minimum absolute atomic E-state index is 0.000581. The maximum Gasteiger partial charge on any atom is 0.335 e. The molecule has 1 saturated heterocycles. The van der Waals surface area contributed by atoms with Gasteiger partial charge in [0.15, 0.2) is 5.82 Å². The number of nitrogens with zero attached hydrogens (tertiary/aromatic N) is 3. The number of aromatic carboxylic acids is 1. The van der Waals surface area contributed by atoms with Crippen molar-refractivity contribution < 1.29 is 33.8 Å². The van der Waals surface area contributed by atoms with E-state index < -0.39 is 35.7 Å². The van der Waals surface area contributed by atoms with Crippen molar-refractivity contribution in [2.24, 2.45) is 5.16 Å². The van der Waals surface area contributed by atoms with Crippen LogP contribution in [0.1, 0.15) is 52.4 Å². The van der Waals surface area contributed by atoms with Gasteiger partial charge < -0.3 is 30.2 Å². The van der Waals surface area contributed by atoms with Crippen LogP contribution in [-0.4, -0.2) is 70.5 Å². The van der Waals surface area contributed by atoms with Gasteiger partial charge in [-0.25, -0.2) is 9.18 Å². The number of benzene rings is 3. The molecule has 0 bridgehead atoms. The Morgan fingerprint density at radius 1 is 1.00 bits per heavy atom. The molecule has 0 aliphatic carbocycles. The second-order valence-electron chi connectivity index (χ2n) is 11.1. The summed E-state index contributed by atoms with van der Waals surface area (Å²) in [6.07, 6.45) is 0.348. The molecule has 3 aromatic rings. The molecule has 2 amide bonds. The molecular weight excluding hydrogens is 591 g/mol. The Bertz CT molecular complexity index is 1640. The number of aliphatic hydroxyl groups is 1. The highest BCUT2D eigenvalue weighted by Crippen LogP contribution is 2.38. The van der Waals surface area contributed by atoms with Crippen LogP contribution in [0.15, 0.2) is 65.8 Å². The van der Waals surface area contributed by atoms with Crippen molar-refractivity contribution in [2.75, 3.05) is 29.9 Å². The number of hydrogen-bond acceptors (Lipinski definition) is 7. The van der Waals surface area contributed by atoms with Crippen molar-refractivity contribution in [3.8, 4) is 0 Å². The summed E-state index contributed by atoms with van der Waals surface area (Å²) in [5.41, 5.74) is 3.41. The van der Waals surface area contributed by atoms with Gasteiger partial charge >= 0.3 is 5.97 Å². The van der Waals surface area contributed by atoms with E-state index >= 15 is 0 Å². The quantitative estimate of drug-likeness (QED) is 0.372. The Labute approximate surface area is 257 Å². The molecule has 0 radical (unpaired) electrons. The number of carbonyl (C=O) groups is 3. The second-order valence-corrected chi connectivity index (χ2v) is 11.5. The molecule has 0 spiro atoms. The monoisotopic (exact) mass is 620 g/mol. The average Bonchev–Trinajstić information content (AvgIpc) is 3.52. The van der Waals surface area contributed by atoms with E-state index in [1.54, 1.807) is 6.07 Å². The van der Waals surface area contributed by atoms with Crippen LogP contribution in [0.2, 0.25) is 5.02 Å². The van der Waals surface area contributed by atoms with Crippen molar-refractivity contribution in [1.82, 2.24) is 4.90 Å². The van der Waals surface area contributed by atoms with Crippen molar-refractivity contribution in [1.29, 1.82) is 0 Å². The summed E-state index contributed by atoms with van der Waals surface area (Å²) in [6, 6.07) is 14.9. The molecule has 10 nitrogen and oxygen atoms in total. The number of hydrogen-bond donors (Lipinski definition) is 3. The summed E-state index contributed by atoms with van der Waals surface area (Å²) in [5, 5.41) is 26.0. The zero-order valence-corrected chi connectivity index (χ0v) is 24.3. The molecular formula is C32H30ClFN4O6. The zero-order chi connectivity index (χ0) is 31.0. The lowest BCUT2D eigenvalue weighted by Gasteiger charge is -2.40. The van der Waals surface area contributed by atoms with E-state index in [2.05, 4.69) is 15.4 Å². The fourth-order valence-electron chi connectivity index (χ4n) is 6.06.